The van der Waals surface area contributed by atoms with Gasteiger partial charge in [0.15, 0.2) is 0 Å². The van der Waals surface area contributed by atoms with Crippen LogP contribution in [-0.4, -0.2) is 17.9 Å². The lowest BCUT2D eigenvalue weighted by atomic mass is 10.1. The highest BCUT2D eigenvalue weighted by Gasteiger charge is 2.09. The molecule has 0 radical (unpaired) electrons. The maximum Gasteiger partial charge on any atom is 0.251 e. The first-order chi connectivity index (χ1) is 10.6. The molecule has 0 atom stereocenters. The third-order valence-corrected chi connectivity index (χ3v) is 3.12. The number of carbonyl (C=O) groups excluding carboxylic acids is 2. The Kier molecular flexibility index (Phi) is 5.31. The molecule has 0 fully saturated rings. The summed E-state index contributed by atoms with van der Waals surface area (Å²) in [4.78, 5) is 23.9. The molecular weight excluding hydrogens is 276 g/mol. The van der Waals surface area contributed by atoms with Crippen molar-refractivity contribution in [3.63, 3.8) is 0 Å². The van der Waals surface area contributed by atoms with Crippen LogP contribution in [0, 0.1) is 0 Å². The van der Waals surface area contributed by atoms with Crippen LogP contribution in [0.15, 0.2) is 54.6 Å². The van der Waals surface area contributed by atoms with Crippen LogP contribution >= 0.6 is 0 Å². The predicted molar refractivity (Wildman–Crippen MR) is 86.7 cm³/mol. The van der Waals surface area contributed by atoms with Crippen LogP contribution in [0.25, 0.3) is 0 Å². The van der Waals surface area contributed by atoms with Crippen molar-refractivity contribution < 1.29 is 9.59 Å². The smallest absolute Gasteiger partial charge is 0.251 e. The Morgan fingerprint density at radius 2 is 1.41 bits per heavy atom. The Morgan fingerprint density at radius 3 is 1.95 bits per heavy atom. The third kappa shape index (κ3) is 4.45. The Morgan fingerprint density at radius 1 is 0.864 bits per heavy atom. The van der Waals surface area contributed by atoms with E-state index in [-0.39, 0.29) is 17.9 Å². The van der Waals surface area contributed by atoms with E-state index in [4.69, 9.17) is 0 Å². The highest BCUT2D eigenvalue weighted by Crippen LogP contribution is 2.06. The molecule has 4 heteroatoms. The molecule has 2 aromatic rings. The molecule has 4 nitrogen and oxygen atoms in total. The molecule has 0 unspecified atom stereocenters. The fourth-order valence-corrected chi connectivity index (χ4v) is 2.00. The number of benzene rings is 2. The van der Waals surface area contributed by atoms with Gasteiger partial charge in [0.25, 0.3) is 11.8 Å². The summed E-state index contributed by atoms with van der Waals surface area (Å²) in [6, 6.07) is 16.5. The van der Waals surface area contributed by atoms with Gasteiger partial charge < -0.3 is 10.6 Å². The van der Waals surface area contributed by atoms with Crippen LogP contribution in [0.4, 0.5) is 0 Å². The van der Waals surface area contributed by atoms with Crippen molar-refractivity contribution in [2.24, 2.45) is 0 Å². The zero-order valence-corrected chi connectivity index (χ0v) is 12.8. The normalized spacial score (nSPS) is 10.3. The first-order valence-corrected chi connectivity index (χ1v) is 7.29. The van der Waals surface area contributed by atoms with E-state index in [1.807, 2.05) is 44.2 Å². The summed E-state index contributed by atoms with van der Waals surface area (Å²) in [7, 11) is 0. The summed E-state index contributed by atoms with van der Waals surface area (Å²) >= 11 is 0. The van der Waals surface area contributed by atoms with E-state index >= 15 is 0 Å². The molecule has 0 aliphatic carbocycles. The highest BCUT2D eigenvalue weighted by molar-refractivity contribution is 5.97. The topological polar surface area (TPSA) is 58.2 Å². The molecule has 0 heterocycles. The van der Waals surface area contributed by atoms with Crippen LogP contribution in [-0.2, 0) is 6.54 Å². The molecule has 2 aromatic carbocycles. The highest BCUT2D eigenvalue weighted by atomic mass is 16.2. The van der Waals surface area contributed by atoms with Crippen LogP contribution in [0.3, 0.4) is 0 Å². The van der Waals surface area contributed by atoms with Crippen molar-refractivity contribution >= 4 is 11.8 Å². The number of nitrogens with one attached hydrogen (secondary N) is 2. The largest absolute Gasteiger partial charge is 0.350 e. The maximum absolute atomic E-state index is 12.1. The molecule has 2 N–H and O–H groups in total. The van der Waals surface area contributed by atoms with Gasteiger partial charge in [-0.05, 0) is 43.7 Å². The van der Waals surface area contributed by atoms with Gasteiger partial charge in [0, 0.05) is 23.7 Å². The molecule has 0 aliphatic heterocycles. The van der Waals surface area contributed by atoms with E-state index in [0.29, 0.717) is 17.7 Å². The first-order valence-electron chi connectivity index (χ1n) is 7.29. The monoisotopic (exact) mass is 296 g/mol. The second-order valence-corrected chi connectivity index (χ2v) is 5.37. The van der Waals surface area contributed by atoms with E-state index in [0.717, 1.165) is 5.56 Å². The van der Waals surface area contributed by atoms with Crippen molar-refractivity contribution in [2.45, 2.75) is 26.4 Å². The van der Waals surface area contributed by atoms with Gasteiger partial charge in [-0.2, -0.15) is 0 Å². The fraction of sp³-hybridized carbons (Fsp3) is 0.222. The zero-order chi connectivity index (χ0) is 15.9. The predicted octanol–water partition coefficient (Wildman–Crippen LogP) is 2.75. The van der Waals surface area contributed by atoms with Gasteiger partial charge in [-0.3, -0.25) is 9.59 Å². The summed E-state index contributed by atoms with van der Waals surface area (Å²) in [6.45, 7) is 4.29. The van der Waals surface area contributed by atoms with E-state index in [1.54, 1.807) is 24.3 Å². The summed E-state index contributed by atoms with van der Waals surface area (Å²) in [5.74, 6) is -0.286. The lowest BCUT2D eigenvalue weighted by Crippen LogP contribution is -2.30. The molecule has 0 aromatic heterocycles. The Bertz CT molecular complexity index is 634. The van der Waals surface area contributed by atoms with Gasteiger partial charge in [0.2, 0.25) is 0 Å². The van der Waals surface area contributed by atoms with Gasteiger partial charge in [0.05, 0.1) is 0 Å². The van der Waals surface area contributed by atoms with E-state index in [9.17, 15) is 9.59 Å². The summed E-state index contributed by atoms with van der Waals surface area (Å²) < 4.78 is 0. The van der Waals surface area contributed by atoms with Crippen molar-refractivity contribution in [1.82, 2.24) is 10.6 Å². The van der Waals surface area contributed by atoms with E-state index < -0.39 is 0 Å². The van der Waals surface area contributed by atoms with Crippen molar-refractivity contribution in [3.05, 3.63) is 71.3 Å². The molecular formula is C18H20N2O2. The standard InChI is InChI=1S/C18H20N2O2/c1-13(2)20-18(22)16-10-8-15(9-11-16)17(21)19-12-14-6-4-3-5-7-14/h3-11,13H,12H2,1-2H3,(H,19,21)(H,20,22). The van der Waals surface area contributed by atoms with E-state index in [1.165, 1.54) is 0 Å². The average Bonchev–Trinajstić information content (AvgIpc) is 2.53. The second kappa shape index (κ2) is 7.41. The second-order valence-electron chi connectivity index (χ2n) is 5.37. The Balaban J connectivity index is 1.95. The molecule has 0 saturated heterocycles. The average molecular weight is 296 g/mol. The minimum atomic E-state index is -0.153. The molecule has 114 valence electrons. The number of hydrogen-bond donors (Lipinski definition) is 2. The molecule has 0 saturated carbocycles. The molecule has 0 bridgehead atoms. The summed E-state index contributed by atoms with van der Waals surface area (Å²) in [5, 5.41) is 5.67. The SMILES string of the molecule is CC(C)NC(=O)c1ccc(C(=O)NCc2ccccc2)cc1. The van der Waals surface area contributed by atoms with Gasteiger partial charge in [-0.25, -0.2) is 0 Å². The lowest BCUT2D eigenvalue weighted by molar-refractivity contribution is 0.0934. The van der Waals surface area contributed by atoms with Gasteiger partial charge in [-0.15, -0.1) is 0 Å². The zero-order valence-electron chi connectivity index (χ0n) is 12.8. The minimum absolute atomic E-state index is 0.0846. The molecule has 0 spiro atoms. The summed E-state index contributed by atoms with van der Waals surface area (Å²) in [6.07, 6.45) is 0. The van der Waals surface area contributed by atoms with Gasteiger partial charge in [0.1, 0.15) is 0 Å². The van der Waals surface area contributed by atoms with Crippen molar-refractivity contribution in [3.8, 4) is 0 Å². The quantitative estimate of drug-likeness (QED) is 0.891. The molecule has 22 heavy (non-hydrogen) atoms. The van der Waals surface area contributed by atoms with Crippen molar-refractivity contribution in [2.75, 3.05) is 0 Å². The van der Waals surface area contributed by atoms with Gasteiger partial charge >= 0.3 is 0 Å². The van der Waals surface area contributed by atoms with Crippen LogP contribution in [0.5, 0.6) is 0 Å². The molecule has 2 rings (SSSR count). The molecule has 2 amide bonds. The number of rotatable bonds is 5. The Hall–Kier alpha value is -2.62. The van der Waals surface area contributed by atoms with E-state index in [2.05, 4.69) is 10.6 Å². The minimum Gasteiger partial charge on any atom is -0.350 e. The van der Waals surface area contributed by atoms with Crippen LogP contribution in [0.2, 0.25) is 0 Å². The first kappa shape index (κ1) is 15.8. The third-order valence-electron chi connectivity index (χ3n) is 3.12. The Labute approximate surface area is 130 Å². The molecule has 0 aliphatic rings. The maximum atomic E-state index is 12.1. The van der Waals surface area contributed by atoms with Crippen LogP contribution in [0.1, 0.15) is 40.1 Å². The number of amides is 2. The fourth-order valence-electron chi connectivity index (χ4n) is 2.00. The number of carbonyl (C=O) groups is 2. The summed E-state index contributed by atoms with van der Waals surface area (Å²) in [5.41, 5.74) is 2.13. The van der Waals surface area contributed by atoms with Gasteiger partial charge in [-0.1, -0.05) is 30.3 Å². The van der Waals surface area contributed by atoms with Crippen LogP contribution < -0.4 is 10.6 Å². The van der Waals surface area contributed by atoms with Crippen molar-refractivity contribution in [1.29, 1.82) is 0 Å². The number of hydrogen-bond acceptors (Lipinski definition) is 2. The lowest BCUT2D eigenvalue weighted by Gasteiger charge is -2.09.